The Balaban J connectivity index is 0.00000420. The molecule has 8 nitrogen and oxygen atoms in total. The van der Waals surface area contributed by atoms with Crippen molar-refractivity contribution < 1.29 is 17.9 Å². The van der Waals surface area contributed by atoms with Gasteiger partial charge in [0.2, 0.25) is 0 Å². The molecule has 0 aliphatic rings. The van der Waals surface area contributed by atoms with Crippen LogP contribution in [0.15, 0.2) is 77.7 Å². The number of anilines is 2. The van der Waals surface area contributed by atoms with Crippen molar-refractivity contribution >= 4 is 60.7 Å². The summed E-state index contributed by atoms with van der Waals surface area (Å²) in [5, 5.41) is 0.567. The van der Waals surface area contributed by atoms with Crippen LogP contribution >= 0.6 is 23.7 Å². The van der Waals surface area contributed by atoms with Crippen molar-refractivity contribution in [1.29, 1.82) is 0 Å². The van der Waals surface area contributed by atoms with E-state index in [0.717, 1.165) is 10.2 Å². The molecule has 0 unspecified atom stereocenters. The lowest BCUT2D eigenvalue weighted by Crippen LogP contribution is -2.36. The van der Waals surface area contributed by atoms with Gasteiger partial charge in [-0.1, -0.05) is 35.6 Å². The second-order valence-electron chi connectivity index (χ2n) is 8.82. The topological polar surface area (TPSA) is 83.0 Å². The number of sulfonamides is 1. The summed E-state index contributed by atoms with van der Waals surface area (Å²) in [5.74, 6) is 0.434. The number of thiazole rings is 1. The van der Waals surface area contributed by atoms with Gasteiger partial charge in [0.25, 0.3) is 15.9 Å². The van der Waals surface area contributed by atoms with Gasteiger partial charge in [0.05, 0.1) is 21.9 Å². The van der Waals surface area contributed by atoms with E-state index in [9.17, 15) is 13.2 Å². The maximum atomic E-state index is 13.7. The van der Waals surface area contributed by atoms with Crippen LogP contribution in [0, 0.1) is 0 Å². The Labute approximate surface area is 240 Å². The fourth-order valence-corrected chi connectivity index (χ4v) is 6.50. The average molecular weight is 589 g/mol. The van der Waals surface area contributed by atoms with Gasteiger partial charge in [-0.25, -0.2) is 13.4 Å². The van der Waals surface area contributed by atoms with Crippen molar-refractivity contribution in [3.8, 4) is 5.75 Å². The molecule has 1 heterocycles. The minimum Gasteiger partial charge on any atom is -0.492 e. The number of benzene rings is 3. The third kappa shape index (κ3) is 6.70. The SMILES string of the molecule is CCOc1cccc2sc(N(CCN(C)C)C(=O)c3ccc(S(=O)(=O)N(CC)c4ccccc4)cc3)nc12.Cl. The normalized spacial score (nSPS) is 11.3. The Hall–Kier alpha value is -3.18. The van der Waals surface area contributed by atoms with E-state index in [2.05, 4.69) is 0 Å². The molecule has 1 amide bonds. The van der Waals surface area contributed by atoms with E-state index in [4.69, 9.17) is 9.72 Å². The Morgan fingerprint density at radius 2 is 1.62 bits per heavy atom. The molecule has 39 heavy (non-hydrogen) atoms. The number of ether oxygens (including phenoxy) is 1. The third-order valence-corrected chi connectivity index (χ3v) is 8.90. The molecule has 0 aliphatic heterocycles. The standard InChI is InChI=1S/C28H32N4O4S2.ClH/c1-5-32(22-11-8-7-9-12-22)38(34,35)23-17-15-21(16-18-23)27(33)31(20-19-30(3)4)28-29-26-24(36-6-2)13-10-14-25(26)37-28;/h7-18H,5-6,19-20H2,1-4H3;1H. The lowest BCUT2D eigenvalue weighted by Gasteiger charge is -2.24. The molecule has 0 saturated carbocycles. The maximum Gasteiger partial charge on any atom is 0.264 e. The largest absolute Gasteiger partial charge is 0.492 e. The van der Waals surface area contributed by atoms with Gasteiger partial charge >= 0.3 is 0 Å². The molecule has 0 spiro atoms. The highest BCUT2D eigenvalue weighted by Gasteiger charge is 2.26. The number of hydrogen-bond acceptors (Lipinski definition) is 7. The number of carbonyl (C=O) groups is 1. The predicted molar refractivity (Wildman–Crippen MR) is 161 cm³/mol. The summed E-state index contributed by atoms with van der Waals surface area (Å²) >= 11 is 1.42. The van der Waals surface area contributed by atoms with Gasteiger partial charge in [-0.05, 0) is 76.5 Å². The molecular formula is C28H33ClN4O4S2. The maximum absolute atomic E-state index is 13.7. The summed E-state index contributed by atoms with van der Waals surface area (Å²) in [6.07, 6.45) is 0. The molecule has 4 rings (SSSR count). The minimum atomic E-state index is -3.79. The van der Waals surface area contributed by atoms with Crippen LogP contribution in [0.25, 0.3) is 10.2 Å². The number of para-hydroxylation sites is 2. The van der Waals surface area contributed by atoms with Gasteiger partial charge in [-0.15, -0.1) is 12.4 Å². The van der Waals surface area contributed by atoms with Crippen molar-refractivity contribution in [2.45, 2.75) is 18.7 Å². The highest BCUT2D eigenvalue weighted by atomic mass is 35.5. The van der Waals surface area contributed by atoms with Gasteiger partial charge in [-0.2, -0.15) is 0 Å². The van der Waals surface area contributed by atoms with Crippen LogP contribution in [-0.2, 0) is 10.0 Å². The van der Waals surface area contributed by atoms with Crippen LogP contribution in [0.2, 0.25) is 0 Å². The number of nitrogens with zero attached hydrogens (tertiary/aromatic N) is 4. The highest BCUT2D eigenvalue weighted by Crippen LogP contribution is 2.35. The Morgan fingerprint density at radius 1 is 0.923 bits per heavy atom. The minimum absolute atomic E-state index is 0. The Bertz CT molecular complexity index is 1490. The zero-order chi connectivity index (χ0) is 27.3. The average Bonchev–Trinajstić information content (AvgIpc) is 3.35. The summed E-state index contributed by atoms with van der Waals surface area (Å²) in [7, 11) is 0.0985. The smallest absolute Gasteiger partial charge is 0.264 e. The van der Waals surface area contributed by atoms with Crippen LogP contribution < -0.4 is 13.9 Å². The molecule has 4 aromatic rings. The summed E-state index contributed by atoms with van der Waals surface area (Å²) in [6.45, 7) is 5.57. The molecule has 0 N–H and O–H groups in total. The number of fused-ring (bicyclic) bond motifs is 1. The summed E-state index contributed by atoms with van der Waals surface area (Å²) in [4.78, 5) is 22.2. The number of halogens is 1. The first-order valence-electron chi connectivity index (χ1n) is 12.4. The van der Waals surface area contributed by atoms with E-state index in [1.165, 1.54) is 27.8 Å². The molecule has 0 bridgehead atoms. The number of amides is 1. The van der Waals surface area contributed by atoms with Gasteiger partial charge < -0.3 is 9.64 Å². The van der Waals surface area contributed by atoms with Crippen LogP contribution in [-0.4, -0.2) is 64.5 Å². The summed E-state index contributed by atoms with van der Waals surface area (Å²) in [5.41, 5.74) is 1.70. The van der Waals surface area contributed by atoms with Crippen molar-refractivity contribution in [3.63, 3.8) is 0 Å². The van der Waals surface area contributed by atoms with Crippen LogP contribution in [0.4, 0.5) is 10.8 Å². The number of carbonyl (C=O) groups excluding carboxylic acids is 1. The monoisotopic (exact) mass is 588 g/mol. The number of aromatic nitrogens is 1. The molecule has 0 atom stereocenters. The van der Waals surface area contributed by atoms with Crippen molar-refractivity contribution in [3.05, 3.63) is 78.4 Å². The van der Waals surface area contributed by atoms with E-state index in [1.54, 1.807) is 48.2 Å². The molecule has 0 fully saturated rings. The fourth-order valence-electron chi connectivity index (χ4n) is 4.02. The van der Waals surface area contributed by atoms with Crippen molar-refractivity contribution in [2.75, 3.05) is 49.5 Å². The zero-order valence-electron chi connectivity index (χ0n) is 22.4. The third-order valence-electron chi connectivity index (χ3n) is 5.94. The molecule has 0 saturated heterocycles. The molecular weight excluding hydrogens is 556 g/mol. The van der Waals surface area contributed by atoms with E-state index in [1.807, 2.05) is 50.2 Å². The van der Waals surface area contributed by atoms with Gasteiger partial charge in [0, 0.05) is 25.2 Å². The first-order chi connectivity index (χ1) is 18.3. The highest BCUT2D eigenvalue weighted by molar-refractivity contribution is 7.92. The van der Waals surface area contributed by atoms with Crippen LogP contribution in [0.5, 0.6) is 5.75 Å². The van der Waals surface area contributed by atoms with Gasteiger partial charge in [0.15, 0.2) is 5.13 Å². The molecule has 11 heteroatoms. The fraction of sp³-hybridized carbons (Fsp3) is 0.286. The Morgan fingerprint density at radius 3 is 2.23 bits per heavy atom. The van der Waals surface area contributed by atoms with Crippen molar-refractivity contribution in [1.82, 2.24) is 9.88 Å². The zero-order valence-corrected chi connectivity index (χ0v) is 24.9. The molecule has 208 valence electrons. The second kappa shape index (κ2) is 13.3. The second-order valence-corrected chi connectivity index (χ2v) is 11.7. The van der Waals surface area contributed by atoms with E-state index in [-0.39, 0.29) is 29.8 Å². The van der Waals surface area contributed by atoms with E-state index < -0.39 is 10.0 Å². The lowest BCUT2D eigenvalue weighted by atomic mass is 10.2. The lowest BCUT2D eigenvalue weighted by molar-refractivity contribution is 0.0985. The summed E-state index contributed by atoms with van der Waals surface area (Å²) in [6, 6.07) is 20.8. The van der Waals surface area contributed by atoms with E-state index >= 15 is 0 Å². The predicted octanol–water partition coefficient (Wildman–Crippen LogP) is 5.54. The molecule has 0 aliphatic carbocycles. The Kier molecular flexibility index (Phi) is 10.3. The number of hydrogen-bond donors (Lipinski definition) is 0. The van der Waals surface area contributed by atoms with Crippen LogP contribution in [0.3, 0.4) is 0 Å². The van der Waals surface area contributed by atoms with E-state index in [0.29, 0.717) is 41.8 Å². The first-order valence-corrected chi connectivity index (χ1v) is 14.7. The summed E-state index contributed by atoms with van der Waals surface area (Å²) < 4.78 is 34.7. The van der Waals surface area contributed by atoms with Crippen LogP contribution in [0.1, 0.15) is 24.2 Å². The first kappa shape index (κ1) is 30.4. The van der Waals surface area contributed by atoms with Gasteiger partial charge in [0.1, 0.15) is 11.3 Å². The molecule has 1 aromatic heterocycles. The number of rotatable bonds is 11. The van der Waals surface area contributed by atoms with Crippen molar-refractivity contribution in [2.24, 2.45) is 0 Å². The molecule has 0 radical (unpaired) electrons. The quantitative estimate of drug-likeness (QED) is 0.229. The van der Waals surface area contributed by atoms with Gasteiger partial charge in [-0.3, -0.25) is 14.0 Å². The number of likely N-dealkylation sites (N-methyl/N-ethyl adjacent to an activating group) is 1. The molecule has 3 aromatic carbocycles.